The molecule has 1 aromatic heterocycles. The zero-order valence-electron chi connectivity index (χ0n) is 8.07. The average molecular weight is 196 g/mol. The molecule has 14 heavy (non-hydrogen) atoms. The highest BCUT2D eigenvalue weighted by Crippen LogP contribution is 1.94. The third-order valence-corrected chi connectivity index (χ3v) is 1.66. The van der Waals surface area contributed by atoms with Gasteiger partial charge in [-0.05, 0) is 0 Å². The van der Waals surface area contributed by atoms with Crippen molar-refractivity contribution >= 4 is 11.8 Å². The minimum absolute atomic E-state index is 0.0236. The number of aryl methyl sites for hydroxylation is 1. The van der Waals surface area contributed by atoms with Crippen LogP contribution in [0.5, 0.6) is 0 Å². The zero-order valence-corrected chi connectivity index (χ0v) is 8.07. The maximum atomic E-state index is 11.3. The molecular weight excluding hydrogens is 184 g/mol. The van der Waals surface area contributed by atoms with Crippen molar-refractivity contribution in [1.82, 2.24) is 20.4 Å². The van der Waals surface area contributed by atoms with Gasteiger partial charge in [-0.1, -0.05) is 0 Å². The molecule has 1 rings (SSSR count). The van der Waals surface area contributed by atoms with E-state index in [0.717, 1.165) is 0 Å². The monoisotopic (exact) mass is 196 g/mol. The molecule has 2 amide bonds. The first-order chi connectivity index (χ1) is 6.63. The second kappa shape index (κ2) is 4.40. The van der Waals surface area contributed by atoms with Crippen molar-refractivity contribution in [2.24, 2.45) is 7.05 Å². The number of aromatic nitrogens is 2. The summed E-state index contributed by atoms with van der Waals surface area (Å²) in [6, 6.07) is 0. The van der Waals surface area contributed by atoms with Crippen molar-refractivity contribution in [2.75, 3.05) is 13.6 Å². The number of amides is 2. The van der Waals surface area contributed by atoms with E-state index >= 15 is 0 Å². The van der Waals surface area contributed by atoms with Crippen molar-refractivity contribution in [3.63, 3.8) is 0 Å². The second-order valence-corrected chi connectivity index (χ2v) is 2.76. The molecule has 0 aliphatic carbocycles. The number of rotatable bonds is 3. The van der Waals surface area contributed by atoms with Crippen molar-refractivity contribution in [2.45, 2.75) is 0 Å². The number of likely N-dealkylation sites (N-methyl/N-ethyl adjacent to an activating group) is 1. The van der Waals surface area contributed by atoms with Gasteiger partial charge in [-0.2, -0.15) is 5.10 Å². The van der Waals surface area contributed by atoms with Crippen LogP contribution in [-0.2, 0) is 11.8 Å². The van der Waals surface area contributed by atoms with Crippen molar-refractivity contribution in [3.8, 4) is 0 Å². The number of hydrogen-bond acceptors (Lipinski definition) is 3. The molecule has 6 heteroatoms. The van der Waals surface area contributed by atoms with Gasteiger partial charge in [-0.3, -0.25) is 14.3 Å². The Morgan fingerprint density at radius 1 is 1.57 bits per heavy atom. The molecule has 0 saturated heterocycles. The third-order valence-electron chi connectivity index (χ3n) is 1.66. The highest BCUT2D eigenvalue weighted by atomic mass is 16.2. The summed E-state index contributed by atoms with van der Waals surface area (Å²) in [4.78, 5) is 22.1. The summed E-state index contributed by atoms with van der Waals surface area (Å²) in [5.74, 6) is -0.538. The molecule has 0 fully saturated rings. The lowest BCUT2D eigenvalue weighted by Gasteiger charge is -2.01. The predicted octanol–water partition coefficient (Wildman–Crippen LogP) is -1.10. The first kappa shape index (κ1) is 10.2. The summed E-state index contributed by atoms with van der Waals surface area (Å²) in [6.45, 7) is -0.0236. The number of carbonyl (C=O) groups excluding carboxylic acids is 2. The molecule has 0 radical (unpaired) electrons. The van der Waals surface area contributed by atoms with Crippen LogP contribution in [0.3, 0.4) is 0 Å². The fraction of sp³-hybridized carbons (Fsp3) is 0.375. The highest BCUT2D eigenvalue weighted by Gasteiger charge is 2.08. The summed E-state index contributed by atoms with van der Waals surface area (Å²) in [5, 5.41) is 8.70. The Morgan fingerprint density at radius 2 is 2.29 bits per heavy atom. The van der Waals surface area contributed by atoms with Gasteiger partial charge in [0, 0.05) is 20.3 Å². The molecule has 0 aromatic carbocycles. The van der Waals surface area contributed by atoms with Crippen LogP contribution in [0.1, 0.15) is 10.4 Å². The molecule has 0 unspecified atom stereocenters. The normalized spacial score (nSPS) is 9.57. The molecule has 6 nitrogen and oxygen atoms in total. The highest BCUT2D eigenvalue weighted by molar-refractivity contribution is 5.95. The van der Waals surface area contributed by atoms with Gasteiger partial charge in [-0.25, -0.2) is 0 Å². The summed E-state index contributed by atoms with van der Waals surface area (Å²) in [7, 11) is 3.23. The Hall–Kier alpha value is -1.85. The van der Waals surface area contributed by atoms with Crippen LogP contribution in [0.4, 0.5) is 0 Å². The molecule has 0 atom stereocenters. The van der Waals surface area contributed by atoms with Crippen LogP contribution in [0.15, 0.2) is 12.4 Å². The predicted molar refractivity (Wildman–Crippen MR) is 49.6 cm³/mol. The van der Waals surface area contributed by atoms with Gasteiger partial charge in [0.05, 0.1) is 18.3 Å². The number of carbonyl (C=O) groups is 2. The van der Waals surface area contributed by atoms with Crippen LogP contribution >= 0.6 is 0 Å². The standard InChI is InChI=1S/C8H12N4O2/c1-9-7(13)4-10-8(14)6-3-11-12(2)5-6/h3,5H,4H2,1-2H3,(H,9,13)(H,10,14). The lowest BCUT2D eigenvalue weighted by Crippen LogP contribution is -2.35. The van der Waals surface area contributed by atoms with Crippen LogP contribution < -0.4 is 10.6 Å². The van der Waals surface area contributed by atoms with Crippen LogP contribution in [-0.4, -0.2) is 35.2 Å². The Balaban J connectivity index is 2.47. The molecule has 2 N–H and O–H groups in total. The Labute approximate surface area is 81.3 Å². The average Bonchev–Trinajstić information content (AvgIpc) is 2.60. The van der Waals surface area contributed by atoms with Gasteiger partial charge in [0.25, 0.3) is 5.91 Å². The van der Waals surface area contributed by atoms with Gasteiger partial charge in [-0.15, -0.1) is 0 Å². The summed E-state index contributed by atoms with van der Waals surface area (Å²) in [5.41, 5.74) is 0.441. The van der Waals surface area contributed by atoms with Gasteiger partial charge >= 0.3 is 0 Å². The summed E-state index contributed by atoms with van der Waals surface area (Å²) < 4.78 is 1.52. The van der Waals surface area contributed by atoms with E-state index < -0.39 is 0 Å². The number of nitrogens with one attached hydrogen (secondary N) is 2. The summed E-state index contributed by atoms with van der Waals surface area (Å²) in [6.07, 6.45) is 3.03. The third kappa shape index (κ3) is 2.58. The Morgan fingerprint density at radius 3 is 2.79 bits per heavy atom. The van der Waals surface area contributed by atoms with Gasteiger partial charge in [0.1, 0.15) is 0 Å². The van der Waals surface area contributed by atoms with E-state index in [1.54, 1.807) is 13.2 Å². The van der Waals surface area contributed by atoms with Crippen LogP contribution in [0, 0.1) is 0 Å². The zero-order chi connectivity index (χ0) is 10.6. The van der Waals surface area contributed by atoms with Crippen molar-refractivity contribution < 1.29 is 9.59 Å². The minimum atomic E-state index is -0.304. The molecule has 76 valence electrons. The first-order valence-electron chi connectivity index (χ1n) is 4.11. The van der Waals surface area contributed by atoms with E-state index in [2.05, 4.69) is 15.7 Å². The smallest absolute Gasteiger partial charge is 0.254 e. The number of nitrogens with zero attached hydrogens (tertiary/aromatic N) is 2. The van der Waals surface area contributed by atoms with Gasteiger partial charge in [0.2, 0.25) is 5.91 Å². The van der Waals surface area contributed by atoms with E-state index in [1.807, 2.05) is 0 Å². The topological polar surface area (TPSA) is 76.0 Å². The quantitative estimate of drug-likeness (QED) is 0.644. The van der Waals surface area contributed by atoms with Crippen LogP contribution in [0.2, 0.25) is 0 Å². The van der Waals surface area contributed by atoms with Crippen LogP contribution in [0.25, 0.3) is 0 Å². The Bertz CT molecular complexity index is 345. The molecule has 0 aliphatic rings. The lowest BCUT2D eigenvalue weighted by atomic mass is 10.3. The lowest BCUT2D eigenvalue weighted by molar-refractivity contribution is -0.119. The maximum Gasteiger partial charge on any atom is 0.254 e. The molecule has 0 saturated carbocycles. The first-order valence-corrected chi connectivity index (χ1v) is 4.11. The van der Waals surface area contributed by atoms with E-state index in [9.17, 15) is 9.59 Å². The van der Waals surface area contributed by atoms with E-state index in [-0.39, 0.29) is 18.4 Å². The molecule has 0 aliphatic heterocycles. The fourth-order valence-electron chi connectivity index (χ4n) is 0.889. The van der Waals surface area contributed by atoms with E-state index in [0.29, 0.717) is 5.56 Å². The van der Waals surface area contributed by atoms with Gasteiger partial charge < -0.3 is 10.6 Å². The maximum absolute atomic E-state index is 11.3. The second-order valence-electron chi connectivity index (χ2n) is 2.76. The molecule has 0 bridgehead atoms. The fourth-order valence-corrected chi connectivity index (χ4v) is 0.889. The largest absolute Gasteiger partial charge is 0.358 e. The van der Waals surface area contributed by atoms with Crippen molar-refractivity contribution in [1.29, 1.82) is 0 Å². The molecule has 1 heterocycles. The molecule has 0 spiro atoms. The van der Waals surface area contributed by atoms with E-state index in [4.69, 9.17) is 0 Å². The SMILES string of the molecule is CNC(=O)CNC(=O)c1cnn(C)c1. The number of hydrogen-bond donors (Lipinski definition) is 2. The van der Waals surface area contributed by atoms with Gasteiger partial charge in [0.15, 0.2) is 0 Å². The Kier molecular flexibility index (Phi) is 3.22. The molecule has 1 aromatic rings. The minimum Gasteiger partial charge on any atom is -0.358 e. The molecular formula is C8H12N4O2. The van der Waals surface area contributed by atoms with Crippen molar-refractivity contribution in [3.05, 3.63) is 18.0 Å². The van der Waals surface area contributed by atoms with E-state index in [1.165, 1.54) is 17.9 Å². The summed E-state index contributed by atoms with van der Waals surface area (Å²) >= 11 is 0.